The summed E-state index contributed by atoms with van der Waals surface area (Å²) in [6.45, 7) is 3.32. The monoisotopic (exact) mass is 419 g/mol. The van der Waals surface area contributed by atoms with Gasteiger partial charge in [0.2, 0.25) is 5.91 Å². The zero-order valence-electron chi connectivity index (χ0n) is 16.4. The molecule has 0 saturated carbocycles. The normalized spacial score (nSPS) is 12.7. The van der Waals surface area contributed by atoms with Gasteiger partial charge in [-0.25, -0.2) is 9.36 Å². The van der Waals surface area contributed by atoms with Crippen molar-refractivity contribution in [2.45, 2.75) is 39.0 Å². The molecular weight excluding hydrogens is 399 g/mol. The summed E-state index contributed by atoms with van der Waals surface area (Å²) in [6, 6.07) is 10.0. The number of hydrogen-bond acceptors (Lipinski definition) is 3. The third-order valence-corrected chi connectivity index (χ3v) is 4.80. The van der Waals surface area contributed by atoms with Gasteiger partial charge in [-0.15, -0.1) is 0 Å². The van der Waals surface area contributed by atoms with Gasteiger partial charge >= 0.3 is 11.9 Å². The molecule has 9 heteroatoms. The summed E-state index contributed by atoms with van der Waals surface area (Å²) in [5.74, 6) is -0.439. The quantitative estimate of drug-likeness (QED) is 0.691. The molecule has 0 fully saturated rings. The molecule has 158 valence electrons. The van der Waals surface area contributed by atoms with Gasteiger partial charge < -0.3 is 5.32 Å². The molecule has 3 rings (SSSR count). The van der Waals surface area contributed by atoms with E-state index in [0.29, 0.717) is 11.0 Å². The van der Waals surface area contributed by atoms with Crippen molar-refractivity contribution in [3.05, 3.63) is 74.9 Å². The Bertz CT molecular complexity index is 1210. The fraction of sp³-hybridized carbons (Fsp3) is 0.286. The van der Waals surface area contributed by atoms with E-state index in [9.17, 15) is 27.6 Å². The van der Waals surface area contributed by atoms with Crippen molar-refractivity contribution in [2.24, 2.45) is 0 Å². The summed E-state index contributed by atoms with van der Waals surface area (Å²) in [7, 11) is 0. The van der Waals surface area contributed by atoms with E-state index in [2.05, 4.69) is 5.32 Å². The maximum atomic E-state index is 13.1. The number of carbonyl (C=O) groups is 1. The lowest BCUT2D eigenvalue weighted by molar-refractivity contribution is -0.137. The number of hydrogen-bond donors (Lipinski definition) is 1. The average molecular weight is 419 g/mol. The van der Waals surface area contributed by atoms with Crippen LogP contribution in [0.5, 0.6) is 0 Å². The van der Waals surface area contributed by atoms with Gasteiger partial charge in [-0.2, -0.15) is 13.2 Å². The molecule has 3 aromatic rings. The van der Waals surface area contributed by atoms with E-state index in [0.717, 1.165) is 22.8 Å². The third kappa shape index (κ3) is 4.14. The van der Waals surface area contributed by atoms with Gasteiger partial charge in [0.05, 0.1) is 22.2 Å². The first-order valence-corrected chi connectivity index (χ1v) is 9.35. The van der Waals surface area contributed by atoms with Crippen LogP contribution < -0.4 is 16.6 Å². The summed E-state index contributed by atoms with van der Waals surface area (Å²) >= 11 is 0. The van der Waals surface area contributed by atoms with Crippen molar-refractivity contribution in [3.8, 4) is 5.69 Å². The minimum absolute atomic E-state index is 0.117. The van der Waals surface area contributed by atoms with E-state index >= 15 is 0 Å². The molecule has 0 spiro atoms. The van der Waals surface area contributed by atoms with Crippen molar-refractivity contribution in [3.63, 3.8) is 0 Å². The Labute approximate surface area is 169 Å². The Kier molecular flexibility index (Phi) is 5.82. The van der Waals surface area contributed by atoms with E-state index in [1.807, 2.05) is 13.8 Å². The minimum Gasteiger partial charge on any atom is -0.352 e. The molecule has 0 radical (unpaired) electrons. The van der Waals surface area contributed by atoms with E-state index in [4.69, 9.17) is 0 Å². The second-order valence-electron chi connectivity index (χ2n) is 6.95. The summed E-state index contributed by atoms with van der Waals surface area (Å²) < 4.78 is 41.1. The third-order valence-electron chi connectivity index (χ3n) is 4.80. The van der Waals surface area contributed by atoms with Gasteiger partial charge in [0.15, 0.2) is 0 Å². The number of benzene rings is 2. The number of halogens is 3. The van der Waals surface area contributed by atoms with Crippen LogP contribution in [-0.2, 0) is 17.5 Å². The van der Waals surface area contributed by atoms with Gasteiger partial charge in [0.1, 0.15) is 6.54 Å². The maximum absolute atomic E-state index is 13.1. The van der Waals surface area contributed by atoms with Gasteiger partial charge in [-0.05, 0) is 43.7 Å². The molecule has 0 aliphatic carbocycles. The average Bonchev–Trinajstić information content (AvgIpc) is 2.70. The lowest BCUT2D eigenvalue weighted by Gasteiger charge is -2.16. The van der Waals surface area contributed by atoms with Gasteiger partial charge in [0, 0.05) is 6.04 Å². The van der Waals surface area contributed by atoms with Crippen LogP contribution in [0.2, 0.25) is 0 Å². The van der Waals surface area contributed by atoms with Crippen LogP contribution in [0.15, 0.2) is 58.1 Å². The Balaban J connectivity index is 2.23. The highest BCUT2D eigenvalue weighted by atomic mass is 19.4. The van der Waals surface area contributed by atoms with E-state index in [1.165, 1.54) is 18.2 Å². The van der Waals surface area contributed by atoms with Crippen molar-refractivity contribution in [1.29, 1.82) is 0 Å². The second kappa shape index (κ2) is 8.17. The highest BCUT2D eigenvalue weighted by Gasteiger charge is 2.31. The fourth-order valence-corrected chi connectivity index (χ4v) is 3.09. The van der Waals surface area contributed by atoms with E-state index in [-0.39, 0.29) is 29.2 Å². The van der Waals surface area contributed by atoms with Crippen LogP contribution >= 0.6 is 0 Å². The van der Waals surface area contributed by atoms with Crippen molar-refractivity contribution in [1.82, 2.24) is 14.5 Å². The van der Waals surface area contributed by atoms with Crippen LogP contribution in [0.1, 0.15) is 25.8 Å². The molecule has 30 heavy (non-hydrogen) atoms. The molecule has 1 atom stereocenters. The summed E-state index contributed by atoms with van der Waals surface area (Å²) in [5, 5.41) is 2.85. The van der Waals surface area contributed by atoms with Crippen LogP contribution in [0.25, 0.3) is 16.6 Å². The van der Waals surface area contributed by atoms with E-state index < -0.39 is 28.9 Å². The van der Waals surface area contributed by atoms with Crippen LogP contribution in [0, 0.1) is 0 Å². The first kappa shape index (κ1) is 21.4. The Morgan fingerprint density at radius 1 is 1.10 bits per heavy atom. The molecule has 0 aliphatic heterocycles. The first-order chi connectivity index (χ1) is 14.1. The fourth-order valence-electron chi connectivity index (χ4n) is 3.09. The lowest BCUT2D eigenvalue weighted by Crippen LogP contribution is -2.43. The zero-order chi connectivity index (χ0) is 22.1. The molecule has 0 unspecified atom stereocenters. The predicted octanol–water partition coefficient (Wildman–Crippen LogP) is 3.09. The van der Waals surface area contributed by atoms with Crippen LogP contribution in [0.4, 0.5) is 13.2 Å². The predicted molar refractivity (Wildman–Crippen MR) is 107 cm³/mol. The number of nitrogens with one attached hydrogen (secondary N) is 1. The highest BCUT2D eigenvalue weighted by molar-refractivity contribution is 5.82. The van der Waals surface area contributed by atoms with Crippen molar-refractivity contribution >= 4 is 16.8 Å². The summed E-state index contributed by atoms with van der Waals surface area (Å²) in [6.07, 6.45) is -3.95. The number of carbonyl (C=O) groups excluding carboxylic acids is 1. The number of nitrogens with zero attached hydrogens (tertiary/aromatic N) is 2. The molecule has 0 bridgehead atoms. The van der Waals surface area contributed by atoms with E-state index in [1.54, 1.807) is 12.1 Å². The molecule has 0 saturated heterocycles. The topological polar surface area (TPSA) is 73.1 Å². The second-order valence-corrected chi connectivity index (χ2v) is 6.95. The van der Waals surface area contributed by atoms with Gasteiger partial charge in [-0.3, -0.25) is 14.2 Å². The van der Waals surface area contributed by atoms with Gasteiger partial charge in [0.25, 0.3) is 5.56 Å². The first-order valence-electron chi connectivity index (χ1n) is 9.35. The van der Waals surface area contributed by atoms with Gasteiger partial charge in [-0.1, -0.05) is 25.1 Å². The SMILES string of the molecule is CC[C@H](C)NC(=O)Cn1c(=O)n(-c2cccc(C(F)(F)F)c2)c(=O)c2ccccc21. The molecule has 1 heterocycles. The summed E-state index contributed by atoms with van der Waals surface area (Å²) in [4.78, 5) is 38.5. The number of para-hydroxylation sites is 1. The Morgan fingerprint density at radius 3 is 2.47 bits per heavy atom. The molecule has 2 aromatic carbocycles. The number of alkyl halides is 3. The molecule has 1 N–H and O–H groups in total. The number of amides is 1. The Morgan fingerprint density at radius 2 is 1.80 bits per heavy atom. The molecule has 1 aromatic heterocycles. The van der Waals surface area contributed by atoms with Crippen molar-refractivity contribution < 1.29 is 18.0 Å². The van der Waals surface area contributed by atoms with Crippen molar-refractivity contribution in [2.75, 3.05) is 0 Å². The largest absolute Gasteiger partial charge is 0.416 e. The summed E-state index contributed by atoms with van der Waals surface area (Å²) in [5.41, 5.74) is -2.62. The number of aromatic nitrogens is 2. The Hall–Kier alpha value is -3.36. The highest BCUT2D eigenvalue weighted by Crippen LogP contribution is 2.30. The molecular formula is C21H20F3N3O3. The number of fused-ring (bicyclic) bond motifs is 1. The van der Waals surface area contributed by atoms with Crippen LogP contribution in [-0.4, -0.2) is 21.1 Å². The van der Waals surface area contributed by atoms with Crippen LogP contribution in [0.3, 0.4) is 0 Å². The smallest absolute Gasteiger partial charge is 0.352 e. The maximum Gasteiger partial charge on any atom is 0.416 e. The lowest BCUT2D eigenvalue weighted by atomic mass is 10.2. The molecule has 1 amide bonds. The standard InChI is InChI=1S/C21H20F3N3O3/c1-3-13(2)25-18(28)12-26-17-10-5-4-9-16(17)19(29)27(20(26)30)15-8-6-7-14(11-15)21(22,23)24/h4-11,13H,3,12H2,1-2H3,(H,25,28)/t13-/m0/s1. The zero-order valence-corrected chi connectivity index (χ0v) is 16.4. The molecule has 6 nitrogen and oxygen atoms in total. The minimum atomic E-state index is -4.63. The molecule has 0 aliphatic rings. The number of rotatable bonds is 5.